The Morgan fingerprint density at radius 3 is 2.61 bits per heavy atom. The van der Waals surface area contributed by atoms with Gasteiger partial charge in [-0.3, -0.25) is 4.79 Å². The van der Waals surface area contributed by atoms with Gasteiger partial charge in [0.15, 0.2) is 11.5 Å². The van der Waals surface area contributed by atoms with Crippen molar-refractivity contribution in [3.63, 3.8) is 0 Å². The summed E-state index contributed by atoms with van der Waals surface area (Å²) in [5, 5.41) is 2.78. The van der Waals surface area contributed by atoms with Gasteiger partial charge in [0.05, 0.1) is 11.9 Å². The highest BCUT2D eigenvalue weighted by Crippen LogP contribution is 2.38. The molecule has 2 heterocycles. The lowest BCUT2D eigenvalue weighted by Crippen LogP contribution is -2.42. The lowest BCUT2D eigenvalue weighted by molar-refractivity contribution is -0.119. The van der Waals surface area contributed by atoms with E-state index in [4.69, 9.17) is 9.47 Å². The molecule has 9 heteroatoms. The van der Waals surface area contributed by atoms with Crippen molar-refractivity contribution < 1.29 is 22.7 Å². The van der Waals surface area contributed by atoms with Crippen LogP contribution in [-0.2, 0) is 14.8 Å². The summed E-state index contributed by atoms with van der Waals surface area (Å²) in [6, 6.07) is 2.73. The minimum absolute atomic E-state index is 0.342. The second-order valence-electron chi connectivity index (χ2n) is 5.50. The molecular formula is C14H17BrN2O5S. The summed E-state index contributed by atoms with van der Waals surface area (Å²) in [6.45, 7) is 1.31. The molecule has 0 saturated carbocycles. The van der Waals surface area contributed by atoms with Crippen LogP contribution in [0.2, 0.25) is 0 Å². The lowest BCUT2D eigenvalue weighted by atomic mass is 10.2. The third-order valence-electron chi connectivity index (χ3n) is 3.82. The summed E-state index contributed by atoms with van der Waals surface area (Å²) in [5.41, 5.74) is 0.527. The van der Waals surface area contributed by atoms with Crippen LogP contribution in [0.5, 0.6) is 11.5 Å². The summed E-state index contributed by atoms with van der Waals surface area (Å²) in [7, 11) is -3.40. The summed E-state index contributed by atoms with van der Waals surface area (Å²) in [6.07, 6.45) is 2.31. The number of anilines is 1. The van der Waals surface area contributed by atoms with Crippen LogP contribution in [0.15, 0.2) is 16.6 Å². The van der Waals surface area contributed by atoms with Gasteiger partial charge in [-0.25, -0.2) is 8.42 Å². The zero-order valence-corrected chi connectivity index (χ0v) is 14.9. The van der Waals surface area contributed by atoms with Gasteiger partial charge in [0.2, 0.25) is 15.9 Å². The predicted octanol–water partition coefficient (Wildman–Crippen LogP) is 1.58. The van der Waals surface area contributed by atoms with E-state index in [0.717, 1.165) is 6.26 Å². The van der Waals surface area contributed by atoms with Crippen molar-refractivity contribution in [2.45, 2.75) is 18.9 Å². The molecule has 1 amide bonds. The van der Waals surface area contributed by atoms with Crippen LogP contribution in [0.1, 0.15) is 12.8 Å². The molecule has 1 atom stereocenters. The molecule has 126 valence electrons. The molecule has 0 radical (unpaired) electrons. The van der Waals surface area contributed by atoms with Crippen LogP contribution in [0.25, 0.3) is 0 Å². The van der Waals surface area contributed by atoms with Crippen molar-refractivity contribution in [2.75, 3.05) is 31.3 Å². The average Bonchev–Trinajstić information content (AvgIpc) is 2.97. The number of nitrogens with one attached hydrogen (secondary N) is 1. The summed E-state index contributed by atoms with van der Waals surface area (Å²) < 4.78 is 36.4. The quantitative estimate of drug-likeness (QED) is 0.826. The molecule has 1 saturated heterocycles. The molecule has 1 aromatic carbocycles. The number of ether oxygens (including phenoxy) is 2. The zero-order valence-electron chi connectivity index (χ0n) is 12.5. The second-order valence-corrected chi connectivity index (χ2v) is 8.29. The molecule has 7 nitrogen and oxygen atoms in total. The topological polar surface area (TPSA) is 84.9 Å². The molecule has 0 bridgehead atoms. The highest BCUT2D eigenvalue weighted by atomic mass is 79.9. The molecule has 0 aliphatic carbocycles. The van der Waals surface area contributed by atoms with Gasteiger partial charge >= 0.3 is 0 Å². The van der Waals surface area contributed by atoms with Gasteiger partial charge in [0.25, 0.3) is 0 Å². The Bertz CT molecular complexity index is 737. The normalized spacial score (nSPS) is 21.2. The molecule has 1 unspecified atom stereocenters. The first-order valence-corrected chi connectivity index (χ1v) is 9.87. The third-order valence-corrected chi connectivity index (χ3v) is 5.77. The fourth-order valence-corrected chi connectivity index (χ4v) is 4.32. The van der Waals surface area contributed by atoms with Crippen molar-refractivity contribution in [3.8, 4) is 11.5 Å². The number of sulfonamides is 1. The van der Waals surface area contributed by atoms with Crippen molar-refractivity contribution in [1.29, 1.82) is 0 Å². The van der Waals surface area contributed by atoms with Gasteiger partial charge in [-0.2, -0.15) is 4.31 Å². The number of fused-ring (bicyclic) bond motifs is 1. The van der Waals surface area contributed by atoms with Crippen LogP contribution in [0.3, 0.4) is 0 Å². The predicted molar refractivity (Wildman–Crippen MR) is 88.3 cm³/mol. The molecular weight excluding hydrogens is 388 g/mol. The van der Waals surface area contributed by atoms with Crippen LogP contribution < -0.4 is 14.8 Å². The molecule has 0 spiro atoms. The summed E-state index contributed by atoms with van der Waals surface area (Å²) >= 11 is 3.38. The van der Waals surface area contributed by atoms with E-state index in [2.05, 4.69) is 21.2 Å². The van der Waals surface area contributed by atoms with Gasteiger partial charge in [0, 0.05) is 23.2 Å². The van der Waals surface area contributed by atoms with E-state index >= 15 is 0 Å². The van der Waals surface area contributed by atoms with E-state index in [1.165, 1.54) is 4.31 Å². The maximum absolute atomic E-state index is 12.5. The molecule has 1 N–H and O–H groups in total. The van der Waals surface area contributed by atoms with Gasteiger partial charge in [-0.1, -0.05) is 0 Å². The lowest BCUT2D eigenvalue weighted by Gasteiger charge is -2.23. The van der Waals surface area contributed by atoms with E-state index in [1.807, 2.05) is 0 Å². The second kappa shape index (κ2) is 6.29. The van der Waals surface area contributed by atoms with Crippen LogP contribution in [-0.4, -0.2) is 50.7 Å². The maximum Gasteiger partial charge on any atom is 0.242 e. The largest absolute Gasteiger partial charge is 0.486 e. The van der Waals surface area contributed by atoms with Gasteiger partial charge < -0.3 is 14.8 Å². The van der Waals surface area contributed by atoms with Gasteiger partial charge in [0.1, 0.15) is 19.3 Å². The SMILES string of the molecule is CS(=O)(=O)N1CCCC1C(=O)Nc1cc2c(cc1Br)OCCO2. The Balaban J connectivity index is 1.80. The van der Waals surface area contributed by atoms with Crippen molar-refractivity contribution >= 4 is 37.5 Å². The van der Waals surface area contributed by atoms with Crippen LogP contribution in [0.4, 0.5) is 5.69 Å². The fraction of sp³-hybridized carbons (Fsp3) is 0.500. The number of carbonyl (C=O) groups is 1. The van der Waals surface area contributed by atoms with E-state index < -0.39 is 16.1 Å². The average molecular weight is 405 g/mol. The van der Waals surface area contributed by atoms with E-state index in [9.17, 15) is 13.2 Å². The number of carbonyl (C=O) groups excluding carboxylic acids is 1. The van der Waals surface area contributed by atoms with E-state index in [0.29, 0.717) is 54.3 Å². The Morgan fingerprint density at radius 2 is 1.96 bits per heavy atom. The minimum Gasteiger partial charge on any atom is -0.486 e. The maximum atomic E-state index is 12.5. The molecule has 2 aliphatic rings. The van der Waals surface area contributed by atoms with Gasteiger partial charge in [-0.15, -0.1) is 0 Å². The van der Waals surface area contributed by atoms with E-state index in [1.54, 1.807) is 12.1 Å². The Hall–Kier alpha value is -1.32. The monoisotopic (exact) mass is 404 g/mol. The molecule has 1 fully saturated rings. The van der Waals surface area contributed by atoms with Crippen molar-refractivity contribution in [2.24, 2.45) is 0 Å². The Kier molecular flexibility index (Phi) is 4.52. The molecule has 1 aromatic rings. The number of hydrogen-bond donors (Lipinski definition) is 1. The highest BCUT2D eigenvalue weighted by molar-refractivity contribution is 9.10. The highest BCUT2D eigenvalue weighted by Gasteiger charge is 2.36. The summed E-state index contributed by atoms with van der Waals surface area (Å²) in [4.78, 5) is 12.5. The molecule has 23 heavy (non-hydrogen) atoms. The molecule has 2 aliphatic heterocycles. The van der Waals surface area contributed by atoms with Crippen LogP contribution >= 0.6 is 15.9 Å². The third kappa shape index (κ3) is 3.46. The number of halogens is 1. The summed E-state index contributed by atoms with van der Waals surface area (Å²) in [5.74, 6) is 0.825. The Morgan fingerprint density at radius 1 is 1.30 bits per heavy atom. The minimum atomic E-state index is -3.40. The smallest absolute Gasteiger partial charge is 0.242 e. The zero-order chi connectivity index (χ0) is 16.6. The number of hydrogen-bond acceptors (Lipinski definition) is 5. The Labute approximate surface area is 143 Å². The number of rotatable bonds is 3. The van der Waals surface area contributed by atoms with Crippen LogP contribution in [0, 0.1) is 0 Å². The van der Waals surface area contributed by atoms with E-state index in [-0.39, 0.29) is 5.91 Å². The number of amides is 1. The van der Waals surface area contributed by atoms with Crippen molar-refractivity contribution in [1.82, 2.24) is 4.31 Å². The molecule has 3 rings (SSSR count). The fourth-order valence-electron chi connectivity index (χ4n) is 2.77. The van der Waals surface area contributed by atoms with Gasteiger partial charge in [-0.05, 0) is 28.8 Å². The number of benzene rings is 1. The number of nitrogens with zero attached hydrogens (tertiary/aromatic N) is 1. The van der Waals surface area contributed by atoms with Crippen molar-refractivity contribution in [3.05, 3.63) is 16.6 Å². The first-order chi connectivity index (χ1) is 10.9. The standard InChI is InChI=1S/C14H17BrN2O5S/c1-23(19,20)17-4-2-3-11(17)14(18)16-10-8-13-12(7-9(10)15)21-5-6-22-13/h7-8,11H,2-6H2,1H3,(H,16,18). The first kappa shape index (κ1) is 16.5. The first-order valence-electron chi connectivity index (χ1n) is 7.23. The molecule has 0 aromatic heterocycles.